The van der Waals surface area contributed by atoms with Crippen molar-refractivity contribution in [1.82, 2.24) is 15.6 Å². The molecular weight excluding hydrogens is 483 g/mol. The van der Waals surface area contributed by atoms with E-state index in [1.54, 1.807) is 19.2 Å². The molecule has 0 bridgehead atoms. The fraction of sp³-hybridized carbons (Fsp3) is 0.375. The maximum absolute atomic E-state index is 12.8. The standard InChI is InChI=1S/C16H18F4N4S.HI/c1-21-15(22-8-6-11-2-4-12(17)5-3-11)23-9-7-14-24-13(10-25-14)16(18,19)20;/h2-5,10H,6-9H2,1H3,(H2,21,22,23);1H. The normalized spacial score (nSPS) is 11.8. The molecule has 10 heteroatoms. The average molecular weight is 502 g/mol. The van der Waals surface area contributed by atoms with Gasteiger partial charge in [0, 0.05) is 31.9 Å². The first-order chi connectivity index (χ1) is 11.9. The maximum Gasteiger partial charge on any atom is 0.434 e. The van der Waals surface area contributed by atoms with E-state index in [4.69, 9.17) is 0 Å². The topological polar surface area (TPSA) is 49.3 Å². The van der Waals surface area contributed by atoms with E-state index in [2.05, 4.69) is 20.6 Å². The average Bonchev–Trinajstić information content (AvgIpc) is 3.04. The highest BCUT2D eigenvalue weighted by molar-refractivity contribution is 14.0. The molecule has 1 aromatic heterocycles. The Morgan fingerprint density at radius 1 is 1.12 bits per heavy atom. The SMILES string of the molecule is CN=C(NCCc1ccc(F)cc1)NCCc1nc(C(F)(F)F)cs1.I. The molecule has 26 heavy (non-hydrogen) atoms. The molecule has 1 aromatic carbocycles. The Balaban J connectivity index is 0.00000338. The van der Waals surface area contributed by atoms with Crippen molar-refractivity contribution < 1.29 is 17.6 Å². The van der Waals surface area contributed by atoms with Crippen molar-refractivity contribution in [2.75, 3.05) is 20.1 Å². The minimum absolute atomic E-state index is 0. The van der Waals surface area contributed by atoms with E-state index >= 15 is 0 Å². The molecule has 2 rings (SSSR count). The van der Waals surface area contributed by atoms with E-state index in [1.165, 1.54) is 12.1 Å². The van der Waals surface area contributed by atoms with Crippen LogP contribution in [0.15, 0.2) is 34.6 Å². The van der Waals surface area contributed by atoms with Gasteiger partial charge in [0.15, 0.2) is 11.7 Å². The molecule has 1 heterocycles. The Morgan fingerprint density at radius 3 is 2.27 bits per heavy atom. The van der Waals surface area contributed by atoms with E-state index < -0.39 is 11.9 Å². The number of aliphatic imine (C=N–C) groups is 1. The third kappa shape index (κ3) is 7.44. The Hall–Kier alpha value is -1.43. The smallest absolute Gasteiger partial charge is 0.356 e. The largest absolute Gasteiger partial charge is 0.434 e. The van der Waals surface area contributed by atoms with Gasteiger partial charge in [-0.3, -0.25) is 4.99 Å². The van der Waals surface area contributed by atoms with Crippen molar-refractivity contribution in [2.45, 2.75) is 19.0 Å². The highest BCUT2D eigenvalue weighted by atomic mass is 127. The molecule has 0 fully saturated rings. The van der Waals surface area contributed by atoms with E-state index in [1.807, 2.05) is 0 Å². The maximum atomic E-state index is 12.8. The van der Waals surface area contributed by atoms with Gasteiger partial charge in [0.2, 0.25) is 0 Å². The molecule has 4 nitrogen and oxygen atoms in total. The molecule has 0 aliphatic carbocycles. The molecule has 2 N–H and O–H groups in total. The second-order valence-corrected chi connectivity index (χ2v) is 6.12. The molecule has 0 spiro atoms. The van der Waals surface area contributed by atoms with Crippen LogP contribution in [0.5, 0.6) is 0 Å². The third-order valence-corrected chi connectivity index (χ3v) is 4.23. The van der Waals surface area contributed by atoms with Gasteiger partial charge in [0.25, 0.3) is 0 Å². The Morgan fingerprint density at radius 2 is 1.73 bits per heavy atom. The van der Waals surface area contributed by atoms with Crippen LogP contribution in [0.25, 0.3) is 0 Å². The van der Waals surface area contributed by atoms with Crippen molar-refractivity contribution >= 4 is 41.3 Å². The van der Waals surface area contributed by atoms with Crippen molar-refractivity contribution in [3.8, 4) is 0 Å². The first-order valence-electron chi connectivity index (χ1n) is 7.59. The van der Waals surface area contributed by atoms with Gasteiger partial charge < -0.3 is 10.6 Å². The van der Waals surface area contributed by atoms with Gasteiger partial charge >= 0.3 is 6.18 Å². The Bertz CT molecular complexity index is 701. The number of alkyl halides is 3. The number of nitrogens with zero attached hydrogens (tertiary/aromatic N) is 2. The molecule has 144 valence electrons. The number of aromatic nitrogens is 1. The fourth-order valence-electron chi connectivity index (χ4n) is 2.04. The number of benzene rings is 1. The fourth-order valence-corrected chi connectivity index (χ4v) is 2.85. The zero-order chi connectivity index (χ0) is 18.3. The van der Waals surface area contributed by atoms with Gasteiger partial charge in [-0.25, -0.2) is 9.37 Å². The molecule has 0 unspecified atom stereocenters. The number of hydrogen-bond donors (Lipinski definition) is 2. The summed E-state index contributed by atoms with van der Waals surface area (Å²) >= 11 is 0.990. The highest BCUT2D eigenvalue weighted by Gasteiger charge is 2.33. The highest BCUT2D eigenvalue weighted by Crippen LogP contribution is 2.29. The minimum Gasteiger partial charge on any atom is -0.356 e. The lowest BCUT2D eigenvalue weighted by atomic mass is 10.1. The molecule has 0 aliphatic rings. The summed E-state index contributed by atoms with van der Waals surface area (Å²) in [6.07, 6.45) is -3.33. The summed E-state index contributed by atoms with van der Waals surface area (Å²) in [4.78, 5) is 7.62. The molecule has 0 amide bonds. The molecular formula is C16H19F4IN4S. The predicted octanol–water partition coefficient (Wildman–Crippen LogP) is 3.87. The number of hydrogen-bond acceptors (Lipinski definition) is 3. The molecule has 0 saturated heterocycles. The van der Waals surface area contributed by atoms with Gasteiger partial charge in [-0.15, -0.1) is 35.3 Å². The molecule has 0 saturated carbocycles. The summed E-state index contributed by atoms with van der Waals surface area (Å²) in [5.74, 6) is 0.278. The lowest BCUT2D eigenvalue weighted by Crippen LogP contribution is -2.39. The van der Waals surface area contributed by atoms with Crippen LogP contribution in [0.3, 0.4) is 0 Å². The summed E-state index contributed by atoms with van der Waals surface area (Å²) in [7, 11) is 1.61. The van der Waals surface area contributed by atoms with E-state index in [-0.39, 0.29) is 29.8 Å². The van der Waals surface area contributed by atoms with Crippen molar-refractivity contribution in [3.63, 3.8) is 0 Å². The summed E-state index contributed by atoms with van der Waals surface area (Å²) in [5, 5.41) is 7.56. The van der Waals surface area contributed by atoms with Crippen molar-refractivity contribution in [2.24, 2.45) is 4.99 Å². The van der Waals surface area contributed by atoms with Crippen molar-refractivity contribution in [1.29, 1.82) is 0 Å². The van der Waals surface area contributed by atoms with Crippen molar-refractivity contribution in [3.05, 3.63) is 51.7 Å². The number of halogens is 5. The molecule has 0 radical (unpaired) electrons. The second kappa shape index (κ2) is 10.7. The summed E-state index contributed by atoms with van der Waals surface area (Å²) in [5.41, 5.74) is 0.140. The van der Waals surface area contributed by atoms with Crippen LogP contribution in [-0.2, 0) is 19.0 Å². The van der Waals surface area contributed by atoms with Gasteiger partial charge in [0.1, 0.15) is 5.82 Å². The first kappa shape index (κ1) is 22.6. The lowest BCUT2D eigenvalue weighted by Gasteiger charge is -2.11. The lowest BCUT2D eigenvalue weighted by molar-refractivity contribution is -0.140. The zero-order valence-corrected chi connectivity index (χ0v) is 17.1. The van der Waals surface area contributed by atoms with Crippen LogP contribution in [0.1, 0.15) is 16.3 Å². The van der Waals surface area contributed by atoms with E-state index in [9.17, 15) is 17.6 Å². The van der Waals surface area contributed by atoms with Crippen LogP contribution < -0.4 is 10.6 Å². The van der Waals surface area contributed by atoms with Gasteiger partial charge in [-0.1, -0.05) is 12.1 Å². The molecule has 0 atom stereocenters. The van der Waals surface area contributed by atoms with E-state index in [0.29, 0.717) is 36.9 Å². The quantitative estimate of drug-likeness (QED) is 0.273. The van der Waals surface area contributed by atoms with Gasteiger partial charge in [0.05, 0.1) is 5.01 Å². The zero-order valence-electron chi connectivity index (χ0n) is 13.9. The number of nitrogens with one attached hydrogen (secondary N) is 2. The number of rotatable bonds is 6. The van der Waals surface area contributed by atoms with Gasteiger partial charge in [-0.05, 0) is 24.1 Å². The molecule has 2 aromatic rings. The van der Waals surface area contributed by atoms with Crippen LogP contribution in [0.2, 0.25) is 0 Å². The van der Waals surface area contributed by atoms with Crippen LogP contribution >= 0.6 is 35.3 Å². The Labute approximate surface area is 170 Å². The van der Waals surface area contributed by atoms with E-state index in [0.717, 1.165) is 22.3 Å². The third-order valence-electron chi connectivity index (χ3n) is 3.32. The summed E-state index contributed by atoms with van der Waals surface area (Å²) in [6, 6.07) is 6.25. The minimum atomic E-state index is -4.40. The first-order valence-corrected chi connectivity index (χ1v) is 8.47. The second-order valence-electron chi connectivity index (χ2n) is 5.18. The summed E-state index contributed by atoms with van der Waals surface area (Å²) < 4.78 is 50.3. The number of thiazole rings is 1. The monoisotopic (exact) mass is 502 g/mol. The molecule has 0 aliphatic heterocycles. The van der Waals surface area contributed by atoms with Crippen LogP contribution in [0, 0.1) is 5.82 Å². The van der Waals surface area contributed by atoms with Gasteiger partial charge in [-0.2, -0.15) is 13.2 Å². The Kier molecular flexibility index (Phi) is 9.27. The summed E-state index contributed by atoms with van der Waals surface area (Å²) in [6.45, 7) is 1.02. The van der Waals surface area contributed by atoms with Crippen LogP contribution in [0.4, 0.5) is 17.6 Å². The van der Waals surface area contributed by atoms with Crippen LogP contribution in [-0.4, -0.2) is 31.1 Å². The number of guanidine groups is 1. The predicted molar refractivity (Wildman–Crippen MR) is 106 cm³/mol.